The summed E-state index contributed by atoms with van der Waals surface area (Å²) >= 11 is 13.0. The molecule has 0 unspecified atom stereocenters. The van der Waals surface area contributed by atoms with Gasteiger partial charge in [0.2, 0.25) is 0 Å². The number of rotatable bonds is 7. The molecule has 1 aliphatic rings. The number of ether oxygens (including phenoxy) is 1. The Hall–Kier alpha value is -2.77. The molecule has 1 aliphatic heterocycles. The van der Waals surface area contributed by atoms with Crippen molar-refractivity contribution in [2.24, 2.45) is 0 Å². The van der Waals surface area contributed by atoms with Gasteiger partial charge in [-0.25, -0.2) is 4.98 Å². The van der Waals surface area contributed by atoms with E-state index in [2.05, 4.69) is 21.4 Å². The van der Waals surface area contributed by atoms with Gasteiger partial charge >= 0.3 is 0 Å². The van der Waals surface area contributed by atoms with Crippen LogP contribution in [0.15, 0.2) is 60.7 Å². The Morgan fingerprint density at radius 3 is 2.57 bits per heavy atom. The van der Waals surface area contributed by atoms with E-state index in [1.165, 1.54) is 0 Å². The standard InChI is InChI=1S/C27H28Cl2N4O2/c1-31-9-11-32(12-10-31)13-14-35-22-6-7-23(24(29)17-22)27-30-25-16-21(34)5-8-26(25)33(27)18-19-3-2-4-20(28)15-19/h2-8,15-17,34H,9-14,18H2,1H3. The first-order chi connectivity index (χ1) is 17.0. The number of aromatic hydroxyl groups is 1. The lowest BCUT2D eigenvalue weighted by molar-refractivity contribution is 0.134. The smallest absolute Gasteiger partial charge is 0.142 e. The molecule has 0 saturated carbocycles. The van der Waals surface area contributed by atoms with E-state index in [4.69, 9.17) is 32.9 Å². The van der Waals surface area contributed by atoms with Crippen LogP contribution in [-0.2, 0) is 6.54 Å². The molecule has 6 nitrogen and oxygen atoms in total. The third-order valence-electron chi connectivity index (χ3n) is 6.42. The van der Waals surface area contributed by atoms with Crippen molar-refractivity contribution < 1.29 is 9.84 Å². The van der Waals surface area contributed by atoms with E-state index in [0.717, 1.165) is 60.9 Å². The van der Waals surface area contributed by atoms with Gasteiger partial charge in [-0.05, 0) is 55.1 Å². The van der Waals surface area contributed by atoms with Gasteiger partial charge in [-0.15, -0.1) is 0 Å². The Labute approximate surface area is 215 Å². The Morgan fingerprint density at radius 1 is 0.971 bits per heavy atom. The maximum Gasteiger partial charge on any atom is 0.142 e. The molecule has 4 aromatic rings. The highest BCUT2D eigenvalue weighted by Gasteiger charge is 2.17. The van der Waals surface area contributed by atoms with Gasteiger partial charge in [0.05, 0.1) is 16.1 Å². The van der Waals surface area contributed by atoms with Crippen molar-refractivity contribution >= 4 is 34.2 Å². The Bertz CT molecular complexity index is 1330. The van der Waals surface area contributed by atoms with Crippen LogP contribution < -0.4 is 4.74 Å². The summed E-state index contributed by atoms with van der Waals surface area (Å²) in [5.41, 5.74) is 3.45. The summed E-state index contributed by atoms with van der Waals surface area (Å²) in [5, 5.41) is 11.2. The number of hydrogen-bond donors (Lipinski definition) is 1. The first-order valence-corrected chi connectivity index (χ1v) is 12.5. The van der Waals surface area contributed by atoms with Gasteiger partial charge < -0.3 is 19.3 Å². The normalized spacial score (nSPS) is 15.1. The van der Waals surface area contributed by atoms with Crippen molar-refractivity contribution in [3.8, 4) is 22.9 Å². The van der Waals surface area contributed by atoms with E-state index in [-0.39, 0.29) is 5.75 Å². The number of imidazole rings is 1. The molecule has 3 aromatic carbocycles. The topological polar surface area (TPSA) is 53.8 Å². The van der Waals surface area contributed by atoms with Crippen LogP contribution in [-0.4, -0.2) is 70.8 Å². The zero-order chi connectivity index (χ0) is 24.4. The minimum absolute atomic E-state index is 0.173. The molecule has 0 amide bonds. The predicted molar refractivity (Wildman–Crippen MR) is 142 cm³/mol. The van der Waals surface area contributed by atoms with Crippen molar-refractivity contribution in [1.29, 1.82) is 0 Å². The van der Waals surface area contributed by atoms with Crippen LogP contribution in [0.25, 0.3) is 22.4 Å². The summed E-state index contributed by atoms with van der Waals surface area (Å²) in [6.07, 6.45) is 0. The van der Waals surface area contributed by atoms with Gasteiger partial charge in [0.15, 0.2) is 0 Å². The summed E-state index contributed by atoms with van der Waals surface area (Å²) in [4.78, 5) is 9.58. The third-order valence-corrected chi connectivity index (χ3v) is 6.96. The van der Waals surface area contributed by atoms with Crippen LogP contribution in [0.5, 0.6) is 11.5 Å². The van der Waals surface area contributed by atoms with Gasteiger partial charge in [0, 0.05) is 55.9 Å². The molecule has 0 spiro atoms. The zero-order valence-corrected chi connectivity index (χ0v) is 21.1. The summed E-state index contributed by atoms with van der Waals surface area (Å²) in [5.74, 6) is 1.63. The molecule has 0 aliphatic carbocycles. The molecular weight excluding hydrogens is 483 g/mol. The molecule has 1 N–H and O–H groups in total. The van der Waals surface area contributed by atoms with Gasteiger partial charge in [0.25, 0.3) is 0 Å². The van der Waals surface area contributed by atoms with Crippen LogP contribution in [0.2, 0.25) is 10.0 Å². The number of fused-ring (bicyclic) bond motifs is 1. The number of aromatic nitrogens is 2. The second-order valence-corrected chi connectivity index (χ2v) is 9.80. The van der Waals surface area contributed by atoms with E-state index in [0.29, 0.717) is 28.7 Å². The molecule has 5 rings (SSSR count). The second kappa shape index (κ2) is 10.5. The molecule has 0 atom stereocenters. The molecular formula is C27H28Cl2N4O2. The van der Waals surface area contributed by atoms with Gasteiger partial charge in [-0.1, -0.05) is 35.3 Å². The summed E-state index contributed by atoms with van der Waals surface area (Å²) in [6, 6.07) is 18.7. The maximum atomic E-state index is 9.99. The van der Waals surface area contributed by atoms with Crippen LogP contribution in [0.4, 0.5) is 0 Å². The molecule has 0 bridgehead atoms. The Kier molecular flexibility index (Phi) is 7.16. The monoisotopic (exact) mass is 510 g/mol. The van der Waals surface area contributed by atoms with Crippen LogP contribution in [0.1, 0.15) is 5.56 Å². The summed E-state index contributed by atoms with van der Waals surface area (Å²) in [7, 11) is 2.16. The van der Waals surface area contributed by atoms with E-state index >= 15 is 0 Å². The van der Waals surface area contributed by atoms with Crippen molar-refractivity contribution in [3.05, 3.63) is 76.3 Å². The van der Waals surface area contributed by atoms with Gasteiger partial charge in [0.1, 0.15) is 23.9 Å². The fourth-order valence-electron chi connectivity index (χ4n) is 4.43. The molecule has 182 valence electrons. The summed E-state index contributed by atoms with van der Waals surface area (Å²) in [6.45, 7) is 6.40. The average molecular weight is 511 g/mol. The molecule has 0 radical (unpaired) electrons. The highest BCUT2D eigenvalue weighted by Crippen LogP contribution is 2.34. The predicted octanol–water partition coefficient (Wildman–Crippen LogP) is 5.39. The van der Waals surface area contributed by atoms with E-state index in [1.807, 2.05) is 48.5 Å². The lowest BCUT2D eigenvalue weighted by Crippen LogP contribution is -2.45. The van der Waals surface area contributed by atoms with E-state index < -0.39 is 0 Å². The van der Waals surface area contributed by atoms with Gasteiger partial charge in [-0.2, -0.15) is 0 Å². The fourth-order valence-corrected chi connectivity index (χ4v) is 4.90. The number of hydrogen-bond acceptors (Lipinski definition) is 5. The fraction of sp³-hybridized carbons (Fsp3) is 0.296. The second-order valence-electron chi connectivity index (χ2n) is 8.96. The van der Waals surface area contributed by atoms with Crippen molar-refractivity contribution in [3.63, 3.8) is 0 Å². The highest BCUT2D eigenvalue weighted by atomic mass is 35.5. The Balaban J connectivity index is 1.39. The highest BCUT2D eigenvalue weighted by molar-refractivity contribution is 6.33. The van der Waals surface area contributed by atoms with Crippen molar-refractivity contribution in [1.82, 2.24) is 19.4 Å². The zero-order valence-electron chi connectivity index (χ0n) is 19.6. The van der Waals surface area contributed by atoms with Crippen LogP contribution in [0.3, 0.4) is 0 Å². The number of phenolic OH excluding ortho intramolecular Hbond substituents is 1. The number of benzene rings is 3. The molecule has 1 aromatic heterocycles. The number of phenols is 1. The SMILES string of the molecule is CN1CCN(CCOc2ccc(-c3nc4cc(O)ccc4n3Cc3cccc(Cl)c3)c(Cl)c2)CC1. The number of nitrogens with zero attached hydrogens (tertiary/aromatic N) is 4. The van der Waals surface area contributed by atoms with Crippen molar-refractivity contribution in [2.45, 2.75) is 6.54 Å². The number of halogens is 2. The minimum Gasteiger partial charge on any atom is -0.508 e. The molecule has 1 saturated heterocycles. The lowest BCUT2D eigenvalue weighted by atomic mass is 10.1. The number of piperazine rings is 1. The van der Waals surface area contributed by atoms with Crippen LogP contribution in [0, 0.1) is 0 Å². The quantitative estimate of drug-likeness (QED) is 0.361. The molecule has 35 heavy (non-hydrogen) atoms. The summed E-state index contributed by atoms with van der Waals surface area (Å²) < 4.78 is 8.10. The first kappa shape index (κ1) is 23.9. The first-order valence-electron chi connectivity index (χ1n) is 11.7. The molecule has 8 heteroatoms. The average Bonchev–Trinajstić information content (AvgIpc) is 3.17. The van der Waals surface area contributed by atoms with E-state index in [9.17, 15) is 5.11 Å². The maximum absolute atomic E-state index is 9.99. The van der Waals surface area contributed by atoms with Crippen molar-refractivity contribution in [2.75, 3.05) is 46.4 Å². The lowest BCUT2D eigenvalue weighted by Gasteiger charge is -2.32. The number of likely N-dealkylation sites (N-methyl/N-ethyl adjacent to an activating group) is 1. The van der Waals surface area contributed by atoms with Gasteiger partial charge in [-0.3, -0.25) is 4.90 Å². The minimum atomic E-state index is 0.173. The van der Waals surface area contributed by atoms with E-state index in [1.54, 1.807) is 12.1 Å². The molecule has 1 fully saturated rings. The third kappa shape index (κ3) is 5.57. The van der Waals surface area contributed by atoms with Crippen LogP contribution >= 0.6 is 23.2 Å². The Morgan fingerprint density at radius 2 is 1.80 bits per heavy atom. The molecule has 2 heterocycles. The largest absolute Gasteiger partial charge is 0.508 e.